The Bertz CT molecular complexity index is 643. The number of rotatable bonds is 3. The molecule has 1 aliphatic heterocycles. The maximum absolute atomic E-state index is 13.8. The topological polar surface area (TPSA) is 40.6 Å². The number of hydrogen-bond donors (Lipinski definition) is 0. The highest BCUT2D eigenvalue weighted by Crippen LogP contribution is 2.26. The molecule has 2 aliphatic rings. The molecule has 23 heavy (non-hydrogen) atoms. The van der Waals surface area contributed by atoms with Crippen molar-refractivity contribution in [3.8, 4) is 0 Å². The summed E-state index contributed by atoms with van der Waals surface area (Å²) in [6, 6.07) is 3.09. The maximum Gasteiger partial charge on any atom is 0.246 e. The second-order valence-corrected chi connectivity index (χ2v) is 7.86. The molecule has 1 aliphatic carbocycles. The van der Waals surface area contributed by atoms with E-state index >= 15 is 0 Å². The summed E-state index contributed by atoms with van der Waals surface area (Å²) in [6.45, 7) is 1.96. The van der Waals surface area contributed by atoms with E-state index in [-0.39, 0.29) is 12.4 Å². The minimum atomic E-state index is -3.97. The third-order valence-electron chi connectivity index (χ3n) is 4.63. The zero-order valence-corrected chi connectivity index (χ0v) is 14.4. The van der Waals surface area contributed by atoms with Gasteiger partial charge in [0.1, 0.15) is 16.5 Å². The van der Waals surface area contributed by atoms with Gasteiger partial charge in [0.25, 0.3) is 0 Å². The van der Waals surface area contributed by atoms with Gasteiger partial charge in [0.05, 0.1) is 0 Å². The summed E-state index contributed by atoms with van der Waals surface area (Å²) >= 11 is 0. The first-order chi connectivity index (χ1) is 10.5. The van der Waals surface area contributed by atoms with Crippen LogP contribution in [-0.4, -0.2) is 49.8 Å². The largest absolute Gasteiger partial charge is 0.298 e. The molecular formula is C15H21ClF2N2O2S. The van der Waals surface area contributed by atoms with Crippen LogP contribution in [0.3, 0.4) is 0 Å². The molecule has 1 saturated heterocycles. The standard InChI is InChI=1S/C15H20F2N2O2S.ClH/c16-12-5-6-14(17)15(11-12)22(20,21)19-9-7-18(8-10-19)13-3-1-2-4-13;/h5-6,11,13H,1-4,7-10H2;1H. The minimum Gasteiger partial charge on any atom is -0.298 e. The van der Waals surface area contributed by atoms with Crippen molar-refractivity contribution in [3.05, 3.63) is 29.8 Å². The normalized spacial score (nSPS) is 21.3. The van der Waals surface area contributed by atoms with E-state index in [4.69, 9.17) is 0 Å². The first kappa shape index (κ1) is 18.6. The Morgan fingerprint density at radius 1 is 1.00 bits per heavy atom. The van der Waals surface area contributed by atoms with E-state index in [1.165, 1.54) is 30.0 Å². The van der Waals surface area contributed by atoms with E-state index in [1.807, 2.05) is 0 Å². The van der Waals surface area contributed by atoms with Crippen molar-refractivity contribution in [1.29, 1.82) is 0 Å². The molecule has 4 nitrogen and oxygen atoms in total. The molecule has 0 aromatic heterocycles. The molecule has 0 unspecified atom stereocenters. The molecule has 3 rings (SSSR count). The number of benzene rings is 1. The van der Waals surface area contributed by atoms with Gasteiger partial charge in [-0.05, 0) is 31.0 Å². The van der Waals surface area contributed by atoms with Crippen molar-refractivity contribution in [2.75, 3.05) is 26.2 Å². The Hall–Kier alpha value is -0.760. The summed E-state index contributed by atoms with van der Waals surface area (Å²) in [7, 11) is -3.97. The summed E-state index contributed by atoms with van der Waals surface area (Å²) < 4.78 is 53.3. The summed E-state index contributed by atoms with van der Waals surface area (Å²) in [5.74, 6) is -1.65. The summed E-state index contributed by atoms with van der Waals surface area (Å²) in [5, 5.41) is 0. The lowest BCUT2D eigenvalue weighted by atomic mass is 10.2. The molecule has 0 bridgehead atoms. The van der Waals surface area contributed by atoms with Gasteiger partial charge in [-0.2, -0.15) is 4.31 Å². The van der Waals surface area contributed by atoms with Gasteiger partial charge in [0, 0.05) is 32.2 Å². The summed E-state index contributed by atoms with van der Waals surface area (Å²) in [4.78, 5) is 1.75. The first-order valence-corrected chi connectivity index (χ1v) is 9.12. The Kier molecular flexibility index (Phi) is 5.99. The van der Waals surface area contributed by atoms with Crippen LogP contribution in [0.2, 0.25) is 0 Å². The number of nitrogens with zero attached hydrogens (tertiary/aromatic N) is 2. The van der Waals surface area contributed by atoms with E-state index < -0.39 is 26.6 Å². The highest BCUT2D eigenvalue weighted by atomic mass is 35.5. The van der Waals surface area contributed by atoms with E-state index in [1.54, 1.807) is 0 Å². The van der Waals surface area contributed by atoms with Crippen molar-refractivity contribution >= 4 is 22.4 Å². The van der Waals surface area contributed by atoms with Crippen LogP contribution in [0.25, 0.3) is 0 Å². The maximum atomic E-state index is 13.8. The minimum absolute atomic E-state index is 0. The number of piperazine rings is 1. The smallest absolute Gasteiger partial charge is 0.246 e. The first-order valence-electron chi connectivity index (χ1n) is 7.68. The van der Waals surface area contributed by atoms with Crippen molar-refractivity contribution in [1.82, 2.24) is 9.21 Å². The predicted octanol–water partition coefficient (Wildman–Crippen LogP) is 2.64. The van der Waals surface area contributed by atoms with Gasteiger partial charge < -0.3 is 0 Å². The van der Waals surface area contributed by atoms with Crippen LogP contribution >= 0.6 is 12.4 Å². The highest BCUT2D eigenvalue weighted by molar-refractivity contribution is 7.89. The Labute approximate surface area is 141 Å². The van der Waals surface area contributed by atoms with Gasteiger partial charge >= 0.3 is 0 Å². The molecular weight excluding hydrogens is 346 g/mol. The van der Waals surface area contributed by atoms with Crippen LogP contribution < -0.4 is 0 Å². The number of hydrogen-bond acceptors (Lipinski definition) is 3. The molecule has 0 N–H and O–H groups in total. The van der Waals surface area contributed by atoms with Gasteiger partial charge in [-0.1, -0.05) is 12.8 Å². The lowest BCUT2D eigenvalue weighted by Gasteiger charge is -2.37. The van der Waals surface area contributed by atoms with Gasteiger partial charge in [0.15, 0.2) is 0 Å². The van der Waals surface area contributed by atoms with Crippen molar-refractivity contribution in [2.24, 2.45) is 0 Å². The van der Waals surface area contributed by atoms with Crippen molar-refractivity contribution in [2.45, 2.75) is 36.6 Å². The van der Waals surface area contributed by atoms with Crippen molar-refractivity contribution in [3.63, 3.8) is 0 Å². The van der Waals surface area contributed by atoms with Crippen LogP contribution in [0, 0.1) is 11.6 Å². The molecule has 130 valence electrons. The molecule has 1 aromatic rings. The van der Waals surface area contributed by atoms with Crippen LogP contribution in [0.5, 0.6) is 0 Å². The average molecular weight is 367 g/mol. The zero-order chi connectivity index (χ0) is 15.7. The van der Waals surface area contributed by atoms with Crippen LogP contribution in [0.1, 0.15) is 25.7 Å². The Balaban J connectivity index is 0.00000192. The van der Waals surface area contributed by atoms with Crippen molar-refractivity contribution < 1.29 is 17.2 Å². The molecule has 1 saturated carbocycles. The van der Waals surface area contributed by atoms with E-state index in [9.17, 15) is 17.2 Å². The van der Waals surface area contributed by atoms with Crippen LogP contribution in [0.4, 0.5) is 8.78 Å². The SMILES string of the molecule is Cl.O=S(=O)(c1cc(F)ccc1F)N1CCN(C2CCCC2)CC1. The monoisotopic (exact) mass is 366 g/mol. The van der Waals surface area contributed by atoms with E-state index in [0.29, 0.717) is 32.2 Å². The molecule has 8 heteroatoms. The van der Waals surface area contributed by atoms with Gasteiger partial charge in [-0.15, -0.1) is 12.4 Å². The quantitative estimate of drug-likeness (QED) is 0.825. The lowest BCUT2D eigenvalue weighted by molar-refractivity contribution is 0.138. The Morgan fingerprint density at radius 3 is 2.22 bits per heavy atom. The molecule has 0 amide bonds. The zero-order valence-electron chi connectivity index (χ0n) is 12.7. The average Bonchev–Trinajstić information content (AvgIpc) is 3.04. The molecule has 0 atom stereocenters. The van der Waals surface area contributed by atoms with Gasteiger partial charge in [-0.3, -0.25) is 4.90 Å². The second kappa shape index (κ2) is 7.42. The predicted molar refractivity (Wildman–Crippen MR) is 86.2 cm³/mol. The third-order valence-corrected chi connectivity index (χ3v) is 6.54. The van der Waals surface area contributed by atoms with Crippen LogP contribution in [0.15, 0.2) is 23.1 Å². The second-order valence-electron chi connectivity index (χ2n) is 5.95. The fourth-order valence-electron chi connectivity index (χ4n) is 3.39. The molecule has 2 fully saturated rings. The van der Waals surface area contributed by atoms with Gasteiger partial charge in [0.2, 0.25) is 10.0 Å². The summed E-state index contributed by atoms with van der Waals surface area (Å²) in [6.07, 6.45) is 4.81. The molecule has 1 aromatic carbocycles. The van der Waals surface area contributed by atoms with E-state index in [2.05, 4.69) is 4.90 Å². The highest BCUT2D eigenvalue weighted by Gasteiger charge is 2.33. The lowest BCUT2D eigenvalue weighted by Crippen LogP contribution is -2.51. The molecule has 1 heterocycles. The van der Waals surface area contributed by atoms with Gasteiger partial charge in [-0.25, -0.2) is 17.2 Å². The van der Waals surface area contributed by atoms with E-state index in [0.717, 1.165) is 18.2 Å². The Morgan fingerprint density at radius 2 is 1.61 bits per heavy atom. The fraction of sp³-hybridized carbons (Fsp3) is 0.600. The number of sulfonamides is 1. The fourth-order valence-corrected chi connectivity index (χ4v) is 4.89. The summed E-state index contributed by atoms with van der Waals surface area (Å²) in [5.41, 5.74) is 0. The molecule has 0 spiro atoms. The number of halogens is 3. The van der Waals surface area contributed by atoms with Crippen LogP contribution in [-0.2, 0) is 10.0 Å². The third kappa shape index (κ3) is 3.84. The molecule has 0 radical (unpaired) electrons.